The number of carbonyl (C=O) groups is 1. The molecule has 0 saturated carbocycles. The fourth-order valence-electron chi connectivity index (χ4n) is 2.34. The van der Waals surface area contributed by atoms with E-state index in [0.717, 1.165) is 22.7 Å². The fourth-order valence-corrected chi connectivity index (χ4v) is 2.34. The molecular formula is C17H16N2O2. The Labute approximate surface area is 123 Å². The van der Waals surface area contributed by atoms with Gasteiger partial charge in [0, 0.05) is 17.3 Å². The van der Waals surface area contributed by atoms with Gasteiger partial charge in [-0.1, -0.05) is 6.07 Å². The first-order valence-corrected chi connectivity index (χ1v) is 6.82. The molecule has 0 aliphatic carbocycles. The molecule has 3 rings (SSSR count). The molecule has 0 unspecified atom stereocenters. The van der Waals surface area contributed by atoms with Gasteiger partial charge in [0.15, 0.2) is 11.5 Å². The van der Waals surface area contributed by atoms with Gasteiger partial charge in [0.05, 0.1) is 11.4 Å². The zero-order valence-corrected chi connectivity index (χ0v) is 12.3. The van der Waals surface area contributed by atoms with Gasteiger partial charge in [-0.05, 0) is 51.1 Å². The first-order valence-electron chi connectivity index (χ1n) is 6.82. The van der Waals surface area contributed by atoms with E-state index in [0.29, 0.717) is 5.56 Å². The van der Waals surface area contributed by atoms with Crippen LogP contribution in [0.1, 0.15) is 42.4 Å². The lowest BCUT2D eigenvalue weighted by molar-refractivity contribution is 0.101. The lowest BCUT2D eigenvalue weighted by atomic mass is 9.99. The summed E-state index contributed by atoms with van der Waals surface area (Å²) in [6.45, 7) is 5.35. The minimum absolute atomic E-state index is 0.0167. The maximum absolute atomic E-state index is 11.6. The van der Waals surface area contributed by atoms with Gasteiger partial charge in [-0.25, -0.2) is 4.99 Å². The number of hydrogen-bond donors (Lipinski definition) is 0. The van der Waals surface area contributed by atoms with Crippen LogP contribution in [-0.2, 0) is 0 Å². The molecule has 106 valence electrons. The molecule has 0 fully saturated rings. The highest BCUT2D eigenvalue weighted by atomic mass is 16.5. The smallest absolute Gasteiger partial charge is 0.195 e. The van der Waals surface area contributed by atoms with Gasteiger partial charge < -0.3 is 4.74 Å². The standard InChI is InChI=1S/C17H16N2O2/c1-11(20)12-7-8-15-13(10-12)16(19-17(2,3)21-15)14-6-4-5-9-18-14/h4-10H,1-3H3. The fraction of sp³-hybridized carbons (Fsp3) is 0.235. The Hall–Kier alpha value is -2.49. The number of benzene rings is 1. The van der Waals surface area contributed by atoms with Crippen molar-refractivity contribution in [2.24, 2.45) is 4.99 Å². The van der Waals surface area contributed by atoms with Crippen LogP contribution in [0.2, 0.25) is 0 Å². The van der Waals surface area contributed by atoms with Crippen LogP contribution in [0.25, 0.3) is 0 Å². The summed E-state index contributed by atoms with van der Waals surface area (Å²) in [7, 11) is 0. The molecule has 1 aliphatic heterocycles. The number of aliphatic imine (C=N–C) groups is 1. The lowest BCUT2D eigenvalue weighted by Crippen LogP contribution is -2.32. The van der Waals surface area contributed by atoms with Crippen LogP contribution in [0.3, 0.4) is 0 Å². The van der Waals surface area contributed by atoms with Gasteiger partial charge in [-0.15, -0.1) is 0 Å². The van der Waals surface area contributed by atoms with Crippen molar-refractivity contribution in [3.05, 3.63) is 59.4 Å². The van der Waals surface area contributed by atoms with Crippen molar-refractivity contribution in [2.45, 2.75) is 26.5 Å². The molecule has 21 heavy (non-hydrogen) atoms. The summed E-state index contributed by atoms with van der Waals surface area (Å²) in [5.41, 5.74) is 2.32. The van der Waals surface area contributed by atoms with E-state index in [9.17, 15) is 4.79 Å². The number of Topliss-reactive ketones (excluding diaryl/α,β-unsaturated/α-hetero) is 1. The minimum atomic E-state index is -0.655. The average molecular weight is 280 g/mol. The maximum Gasteiger partial charge on any atom is 0.195 e. The SMILES string of the molecule is CC(=O)c1ccc2c(c1)C(c1ccccn1)=NC(C)(C)O2. The topological polar surface area (TPSA) is 51.5 Å². The molecule has 1 aromatic carbocycles. The Morgan fingerprint density at radius 3 is 2.67 bits per heavy atom. The molecule has 0 N–H and O–H groups in total. The Morgan fingerprint density at radius 2 is 2.00 bits per heavy atom. The van der Waals surface area contributed by atoms with Gasteiger partial charge >= 0.3 is 0 Å². The number of rotatable bonds is 2. The zero-order valence-electron chi connectivity index (χ0n) is 12.3. The second-order valence-electron chi connectivity index (χ2n) is 5.49. The number of aromatic nitrogens is 1. The predicted octanol–water partition coefficient (Wildman–Crippen LogP) is 3.25. The third-order valence-corrected chi connectivity index (χ3v) is 3.29. The van der Waals surface area contributed by atoms with Crippen molar-refractivity contribution < 1.29 is 9.53 Å². The summed E-state index contributed by atoms with van der Waals surface area (Å²) >= 11 is 0. The van der Waals surface area contributed by atoms with E-state index in [4.69, 9.17) is 4.74 Å². The van der Waals surface area contributed by atoms with Gasteiger partial charge in [0.1, 0.15) is 5.75 Å². The predicted molar refractivity (Wildman–Crippen MR) is 81.0 cm³/mol. The first kappa shape index (κ1) is 13.5. The van der Waals surface area contributed by atoms with Crippen LogP contribution in [0.15, 0.2) is 47.6 Å². The lowest BCUT2D eigenvalue weighted by Gasteiger charge is -2.30. The monoisotopic (exact) mass is 280 g/mol. The number of pyridine rings is 1. The summed E-state index contributed by atoms with van der Waals surface area (Å²) in [5.74, 6) is 0.739. The van der Waals surface area contributed by atoms with Crippen molar-refractivity contribution in [2.75, 3.05) is 0 Å². The molecule has 4 nitrogen and oxygen atoms in total. The van der Waals surface area contributed by atoms with Crippen molar-refractivity contribution >= 4 is 11.5 Å². The van der Waals surface area contributed by atoms with Gasteiger partial charge in [-0.3, -0.25) is 9.78 Å². The molecular weight excluding hydrogens is 264 g/mol. The van der Waals surface area contributed by atoms with Crippen LogP contribution in [0.4, 0.5) is 0 Å². The summed E-state index contributed by atoms with van der Waals surface area (Å²) < 4.78 is 5.88. The van der Waals surface area contributed by atoms with E-state index in [1.807, 2.05) is 44.2 Å². The number of ether oxygens (including phenoxy) is 1. The van der Waals surface area contributed by atoms with E-state index < -0.39 is 5.72 Å². The minimum Gasteiger partial charge on any atom is -0.466 e. The normalized spacial score (nSPS) is 15.7. The Morgan fingerprint density at radius 1 is 1.19 bits per heavy atom. The number of carbonyl (C=O) groups excluding carboxylic acids is 1. The molecule has 2 aromatic rings. The van der Waals surface area contributed by atoms with Crippen molar-refractivity contribution in [3.63, 3.8) is 0 Å². The highest BCUT2D eigenvalue weighted by Crippen LogP contribution is 2.32. The number of fused-ring (bicyclic) bond motifs is 1. The van der Waals surface area contributed by atoms with Crippen LogP contribution in [0, 0.1) is 0 Å². The highest BCUT2D eigenvalue weighted by molar-refractivity contribution is 6.15. The summed E-state index contributed by atoms with van der Waals surface area (Å²) in [4.78, 5) is 20.6. The molecule has 0 bridgehead atoms. The second-order valence-corrected chi connectivity index (χ2v) is 5.49. The molecule has 1 aliphatic rings. The third kappa shape index (κ3) is 2.57. The number of hydrogen-bond acceptors (Lipinski definition) is 4. The Bertz CT molecular complexity index is 734. The van der Waals surface area contributed by atoms with Crippen molar-refractivity contribution in [1.29, 1.82) is 0 Å². The quantitative estimate of drug-likeness (QED) is 0.793. The summed E-state index contributed by atoms with van der Waals surface area (Å²) in [6, 6.07) is 11.1. The molecule has 1 aromatic heterocycles. The molecule has 0 spiro atoms. The highest BCUT2D eigenvalue weighted by Gasteiger charge is 2.29. The van der Waals surface area contributed by atoms with Gasteiger partial charge in [0.25, 0.3) is 0 Å². The summed E-state index contributed by atoms with van der Waals surface area (Å²) in [5, 5.41) is 0. The third-order valence-electron chi connectivity index (χ3n) is 3.29. The van der Waals surface area contributed by atoms with Gasteiger partial charge in [-0.2, -0.15) is 0 Å². The van der Waals surface area contributed by atoms with E-state index in [1.165, 1.54) is 0 Å². The van der Waals surface area contributed by atoms with E-state index >= 15 is 0 Å². The molecule has 0 saturated heterocycles. The molecule has 0 radical (unpaired) electrons. The van der Waals surface area contributed by atoms with E-state index in [1.54, 1.807) is 19.2 Å². The van der Waals surface area contributed by atoms with Crippen LogP contribution >= 0.6 is 0 Å². The average Bonchev–Trinajstić information content (AvgIpc) is 2.46. The van der Waals surface area contributed by atoms with Crippen LogP contribution in [0.5, 0.6) is 5.75 Å². The molecule has 0 atom stereocenters. The summed E-state index contributed by atoms with van der Waals surface area (Å²) in [6.07, 6.45) is 1.73. The van der Waals surface area contributed by atoms with Crippen molar-refractivity contribution in [1.82, 2.24) is 4.98 Å². The molecule has 0 amide bonds. The maximum atomic E-state index is 11.6. The second kappa shape index (κ2) is 4.81. The van der Waals surface area contributed by atoms with Crippen LogP contribution < -0.4 is 4.74 Å². The Balaban J connectivity index is 2.21. The van der Waals surface area contributed by atoms with E-state index in [2.05, 4.69) is 9.98 Å². The first-order chi connectivity index (χ1) is 9.96. The van der Waals surface area contributed by atoms with Gasteiger partial charge in [0.2, 0.25) is 0 Å². The van der Waals surface area contributed by atoms with E-state index in [-0.39, 0.29) is 5.78 Å². The molecule has 4 heteroatoms. The largest absolute Gasteiger partial charge is 0.466 e. The van der Waals surface area contributed by atoms with Crippen LogP contribution in [-0.4, -0.2) is 22.2 Å². The zero-order chi connectivity index (χ0) is 15.0. The van der Waals surface area contributed by atoms with Crippen molar-refractivity contribution in [3.8, 4) is 5.75 Å². The number of ketones is 1. The Kier molecular flexibility index (Phi) is 3.09. The molecule has 2 heterocycles. The number of nitrogens with zero attached hydrogens (tertiary/aromatic N) is 2.